The van der Waals surface area contributed by atoms with Crippen LogP contribution in [0.1, 0.15) is 24.3 Å². The Morgan fingerprint density at radius 1 is 1.56 bits per heavy atom. The number of nitrogens with two attached hydrogens (primary N) is 1. The minimum atomic E-state index is -0.151. The van der Waals surface area contributed by atoms with Gasteiger partial charge in [0.2, 0.25) is 0 Å². The summed E-state index contributed by atoms with van der Waals surface area (Å²) in [6, 6.07) is 0.0324. The van der Waals surface area contributed by atoms with Crippen molar-refractivity contribution in [2.75, 3.05) is 18.6 Å². The first-order valence-electron chi connectivity index (χ1n) is 5.83. The Bertz CT molecular complexity index is 439. The molecule has 3 N–H and O–H groups in total. The summed E-state index contributed by atoms with van der Waals surface area (Å²) < 4.78 is 5.49. The monoisotopic (exact) mass is 251 g/mol. The van der Waals surface area contributed by atoms with Gasteiger partial charge in [-0.3, -0.25) is 9.78 Å². The van der Waals surface area contributed by atoms with Crippen molar-refractivity contribution in [3.8, 4) is 0 Å². The van der Waals surface area contributed by atoms with Crippen molar-refractivity contribution in [3.05, 3.63) is 18.1 Å². The van der Waals surface area contributed by atoms with Crippen molar-refractivity contribution in [2.24, 2.45) is 5.84 Å². The molecule has 0 aliphatic carbocycles. The number of carbonyl (C=O) groups excluding carboxylic acids is 1. The highest BCUT2D eigenvalue weighted by atomic mass is 16.5. The lowest BCUT2D eigenvalue weighted by molar-refractivity contribution is -0.0389. The molecule has 0 saturated carbocycles. The maximum Gasteiger partial charge on any atom is 0.274 e. The van der Waals surface area contributed by atoms with Crippen LogP contribution in [0.3, 0.4) is 0 Å². The first-order chi connectivity index (χ1) is 8.61. The lowest BCUT2D eigenvalue weighted by Crippen LogP contribution is -2.50. The van der Waals surface area contributed by atoms with E-state index in [0.29, 0.717) is 19.0 Å². The van der Waals surface area contributed by atoms with Crippen molar-refractivity contribution in [3.63, 3.8) is 0 Å². The number of aromatic nitrogens is 2. The van der Waals surface area contributed by atoms with Gasteiger partial charge in [0.1, 0.15) is 5.69 Å². The van der Waals surface area contributed by atoms with Gasteiger partial charge < -0.3 is 15.1 Å². The van der Waals surface area contributed by atoms with Crippen LogP contribution in [0.4, 0.5) is 5.82 Å². The van der Waals surface area contributed by atoms with E-state index in [-0.39, 0.29) is 23.7 Å². The number of morpholine rings is 1. The molecule has 1 saturated heterocycles. The van der Waals surface area contributed by atoms with E-state index in [0.717, 1.165) is 0 Å². The van der Waals surface area contributed by atoms with Gasteiger partial charge in [0.25, 0.3) is 5.91 Å². The molecular formula is C11H17N5O2. The number of hydrogen-bond donors (Lipinski definition) is 2. The van der Waals surface area contributed by atoms with Gasteiger partial charge in [-0.25, -0.2) is 10.8 Å². The molecule has 0 radical (unpaired) electrons. The third kappa shape index (κ3) is 2.57. The maximum absolute atomic E-state index is 12.3. The number of nitrogens with one attached hydrogen (secondary N) is 1. The van der Waals surface area contributed by atoms with Crippen LogP contribution in [0.25, 0.3) is 0 Å². The van der Waals surface area contributed by atoms with Gasteiger partial charge in [-0.2, -0.15) is 0 Å². The average molecular weight is 251 g/mol. The second-order valence-corrected chi connectivity index (χ2v) is 4.38. The topological polar surface area (TPSA) is 93.4 Å². The number of amides is 1. The number of hydrazine groups is 1. The van der Waals surface area contributed by atoms with Crippen molar-refractivity contribution in [2.45, 2.75) is 26.0 Å². The molecule has 1 aromatic heterocycles. The van der Waals surface area contributed by atoms with Gasteiger partial charge in [0.15, 0.2) is 5.82 Å². The molecule has 7 nitrogen and oxygen atoms in total. The largest absolute Gasteiger partial charge is 0.375 e. The minimum Gasteiger partial charge on any atom is -0.375 e. The molecule has 2 atom stereocenters. The summed E-state index contributed by atoms with van der Waals surface area (Å²) in [5.41, 5.74) is 2.66. The second kappa shape index (κ2) is 5.28. The fourth-order valence-electron chi connectivity index (χ4n) is 1.87. The van der Waals surface area contributed by atoms with E-state index in [1.807, 2.05) is 13.8 Å². The van der Waals surface area contributed by atoms with Crippen LogP contribution in [-0.2, 0) is 4.74 Å². The molecule has 1 fully saturated rings. The molecule has 0 aromatic carbocycles. The van der Waals surface area contributed by atoms with Crippen LogP contribution in [0.2, 0.25) is 0 Å². The standard InChI is InChI=1S/C11H17N5O2/c1-7-6-18-8(2)5-16(7)11(17)9-3-13-4-10(14-9)15-12/h3-4,7-8H,5-6,12H2,1-2H3,(H,14,15). The van der Waals surface area contributed by atoms with E-state index in [1.165, 1.54) is 12.4 Å². The second-order valence-electron chi connectivity index (χ2n) is 4.38. The van der Waals surface area contributed by atoms with Crippen LogP contribution in [0.15, 0.2) is 12.4 Å². The first kappa shape index (κ1) is 12.7. The first-order valence-corrected chi connectivity index (χ1v) is 5.83. The summed E-state index contributed by atoms with van der Waals surface area (Å²) in [6.45, 7) is 4.98. The van der Waals surface area contributed by atoms with Gasteiger partial charge in [0.05, 0.1) is 31.1 Å². The van der Waals surface area contributed by atoms with Crippen molar-refractivity contribution >= 4 is 11.7 Å². The van der Waals surface area contributed by atoms with E-state index >= 15 is 0 Å². The Balaban J connectivity index is 2.18. The molecule has 2 rings (SSSR count). The molecule has 1 aliphatic rings. The summed E-state index contributed by atoms with van der Waals surface area (Å²) in [5, 5.41) is 0. The molecule has 0 bridgehead atoms. The predicted molar refractivity (Wildman–Crippen MR) is 65.8 cm³/mol. The Morgan fingerprint density at radius 2 is 2.33 bits per heavy atom. The lowest BCUT2D eigenvalue weighted by atomic mass is 10.2. The third-order valence-corrected chi connectivity index (χ3v) is 2.87. The molecule has 2 unspecified atom stereocenters. The average Bonchev–Trinajstić information content (AvgIpc) is 2.41. The van der Waals surface area contributed by atoms with Gasteiger partial charge >= 0.3 is 0 Å². The number of nitrogens with zero attached hydrogens (tertiary/aromatic N) is 3. The maximum atomic E-state index is 12.3. The van der Waals surface area contributed by atoms with Crippen LogP contribution in [0, 0.1) is 0 Å². The van der Waals surface area contributed by atoms with Crippen LogP contribution in [-0.4, -0.2) is 46.1 Å². The van der Waals surface area contributed by atoms with Gasteiger partial charge in [-0.15, -0.1) is 0 Å². The molecule has 18 heavy (non-hydrogen) atoms. The number of nitrogen functional groups attached to an aromatic ring is 1. The molecule has 0 spiro atoms. The van der Waals surface area contributed by atoms with E-state index in [2.05, 4.69) is 15.4 Å². The quantitative estimate of drug-likeness (QED) is 0.568. The highest BCUT2D eigenvalue weighted by Crippen LogP contribution is 2.14. The lowest BCUT2D eigenvalue weighted by Gasteiger charge is -2.36. The fraction of sp³-hybridized carbons (Fsp3) is 0.545. The Labute approximate surface area is 105 Å². The summed E-state index contributed by atoms with van der Waals surface area (Å²) >= 11 is 0. The van der Waals surface area contributed by atoms with Crippen LogP contribution >= 0.6 is 0 Å². The zero-order chi connectivity index (χ0) is 13.1. The Morgan fingerprint density at radius 3 is 3.06 bits per heavy atom. The smallest absolute Gasteiger partial charge is 0.274 e. The molecule has 1 amide bonds. The van der Waals surface area contributed by atoms with E-state index in [9.17, 15) is 4.79 Å². The van der Waals surface area contributed by atoms with E-state index in [4.69, 9.17) is 10.6 Å². The highest BCUT2D eigenvalue weighted by molar-refractivity contribution is 5.92. The number of hydrogen-bond acceptors (Lipinski definition) is 6. The van der Waals surface area contributed by atoms with Crippen molar-refractivity contribution in [1.29, 1.82) is 0 Å². The molecule has 98 valence electrons. The molecule has 1 aromatic rings. The fourth-order valence-corrected chi connectivity index (χ4v) is 1.87. The highest BCUT2D eigenvalue weighted by Gasteiger charge is 2.29. The number of carbonyl (C=O) groups is 1. The zero-order valence-corrected chi connectivity index (χ0v) is 10.5. The summed E-state index contributed by atoms with van der Waals surface area (Å²) in [7, 11) is 0. The third-order valence-electron chi connectivity index (χ3n) is 2.87. The van der Waals surface area contributed by atoms with Crippen LogP contribution < -0.4 is 11.3 Å². The predicted octanol–water partition coefficient (Wildman–Crippen LogP) is 0.0116. The number of ether oxygens (including phenoxy) is 1. The SMILES string of the molecule is CC1CN(C(=O)c2cncc(NN)n2)C(C)CO1. The molecule has 7 heteroatoms. The van der Waals surface area contributed by atoms with Gasteiger partial charge in [-0.05, 0) is 13.8 Å². The van der Waals surface area contributed by atoms with Gasteiger partial charge in [0, 0.05) is 6.54 Å². The minimum absolute atomic E-state index is 0.0324. The number of rotatable bonds is 2. The Hall–Kier alpha value is -1.73. The van der Waals surface area contributed by atoms with Crippen LogP contribution in [0.5, 0.6) is 0 Å². The number of anilines is 1. The summed E-state index contributed by atoms with van der Waals surface area (Å²) in [4.78, 5) is 22.1. The summed E-state index contributed by atoms with van der Waals surface area (Å²) in [5.74, 6) is 5.47. The van der Waals surface area contributed by atoms with Crippen molar-refractivity contribution in [1.82, 2.24) is 14.9 Å². The normalized spacial score (nSPS) is 23.8. The van der Waals surface area contributed by atoms with Gasteiger partial charge in [-0.1, -0.05) is 0 Å². The van der Waals surface area contributed by atoms with Crippen molar-refractivity contribution < 1.29 is 9.53 Å². The zero-order valence-electron chi connectivity index (χ0n) is 10.5. The molecule has 1 aliphatic heterocycles. The molecular weight excluding hydrogens is 234 g/mol. The molecule has 2 heterocycles. The Kier molecular flexibility index (Phi) is 3.73. The summed E-state index contributed by atoms with van der Waals surface area (Å²) in [6.07, 6.45) is 2.94. The van der Waals surface area contributed by atoms with E-state index in [1.54, 1.807) is 4.90 Å². The van der Waals surface area contributed by atoms with E-state index < -0.39 is 0 Å².